The molecule has 0 N–H and O–H groups in total. The maximum Gasteiger partial charge on any atom is 0.259 e. The monoisotopic (exact) mass is 388 g/mol. The highest BCUT2D eigenvalue weighted by atomic mass is 79.9. The molecule has 0 radical (unpaired) electrons. The first-order valence-corrected chi connectivity index (χ1v) is 8.39. The van der Waals surface area contributed by atoms with Crippen LogP contribution in [-0.4, -0.2) is 10.2 Å². The van der Waals surface area contributed by atoms with Gasteiger partial charge in [0, 0.05) is 4.47 Å². The third-order valence-electron chi connectivity index (χ3n) is 3.41. The lowest BCUT2D eigenvalue weighted by molar-refractivity contribution is 0.556. The van der Waals surface area contributed by atoms with Crippen molar-refractivity contribution in [1.82, 2.24) is 10.2 Å². The summed E-state index contributed by atoms with van der Waals surface area (Å²) in [7, 11) is 0. The summed E-state index contributed by atoms with van der Waals surface area (Å²) < 4.78 is 6.57. The summed E-state index contributed by atoms with van der Waals surface area (Å²) in [5.41, 5.74) is 3.11. The van der Waals surface area contributed by atoms with Crippen LogP contribution in [0.1, 0.15) is 23.9 Å². The Bertz CT molecular complexity index is 840. The lowest BCUT2D eigenvalue weighted by atomic mass is 10.1. The molecule has 0 aliphatic rings. The maximum atomic E-state index is 6.31. The Morgan fingerprint density at radius 1 is 1.13 bits per heavy atom. The van der Waals surface area contributed by atoms with Crippen LogP contribution in [0.5, 0.6) is 0 Å². The minimum Gasteiger partial charge on any atom is -0.415 e. The van der Waals surface area contributed by atoms with Crippen molar-refractivity contribution in [2.45, 2.75) is 13.3 Å². The lowest BCUT2D eigenvalue weighted by Crippen LogP contribution is -1.81. The van der Waals surface area contributed by atoms with E-state index in [1.807, 2.05) is 42.5 Å². The molecule has 0 unspecified atom stereocenters. The average Bonchev–Trinajstić information content (AvgIpc) is 3.06. The highest BCUT2D eigenvalue weighted by molar-refractivity contribution is 9.10. The standard InChI is InChI=1S/C18H14BrClN2O/c1-2-12-7-9-13(10-8-12)11-16(20)18-22-21-17(23-18)14-5-3-4-6-15(14)19/h3-11H,2H2,1H3/b16-11-. The summed E-state index contributed by atoms with van der Waals surface area (Å²) in [4.78, 5) is 0. The minimum atomic E-state index is 0.303. The molecule has 3 aromatic rings. The molecular formula is C18H14BrClN2O. The molecule has 0 saturated heterocycles. The summed E-state index contributed by atoms with van der Waals surface area (Å²) in [6, 6.07) is 15.9. The lowest BCUT2D eigenvalue weighted by Gasteiger charge is -1.99. The Hall–Kier alpha value is -1.91. The minimum absolute atomic E-state index is 0.303. The second-order valence-electron chi connectivity index (χ2n) is 4.98. The molecule has 5 heteroatoms. The van der Waals surface area contributed by atoms with Crippen LogP contribution in [-0.2, 0) is 6.42 Å². The van der Waals surface area contributed by atoms with E-state index in [-0.39, 0.29) is 0 Å². The number of aromatic nitrogens is 2. The zero-order valence-corrected chi connectivity index (χ0v) is 14.8. The number of benzene rings is 2. The van der Waals surface area contributed by atoms with Gasteiger partial charge in [0.25, 0.3) is 5.89 Å². The number of hydrogen-bond acceptors (Lipinski definition) is 3. The number of hydrogen-bond donors (Lipinski definition) is 0. The van der Waals surface area contributed by atoms with Gasteiger partial charge in [-0.3, -0.25) is 0 Å². The molecule has 116 valence electrons. The third-order valence-corrected chi connectivity index (χ3v) is 4.38. The van der Waals surface area contributed by atoms with Crippen molar-refractivity contribution in [2.75, 3.05) is 0 Å². The van der Waals surface area contributed by atoms with E-state index in [1.54, 1.807) is 0 Å². The van der Waals surface area contributed by atoms with Gasteiger partial charge < -0.3 is 4.42 Å². The second kappa shape index (κ2) is 7.11. The highest BCUT2D eigenvalue weighted by Gasteiger charge is 2.13. The van der Waals surface area contributed by atoms with Gasteiger partial charge in [0.15, 0.2) is 0 Å². The van der Waals surface area contributed by atoms with E-state index >= 15 is 0 Å². The van der Waals surface area contributed by atoms with E-state index in [9.17, 15) is 0 Å². The summed E-state index contributed by atoms with van der Waals surface area (Å²) in [6.07, 6.45) is 2.83. The van der Waals surface area contributed by atoms with Crippen LogP contribution < -0.4 is 0 Å². The first-order chi connectivity index (χ1) is 11.2. The maximum absolute atomic E-state index is 6.31. The van der Waals surface area contributed by atoms with Crippen LogP contribution in [0.3, 0.4) is 0 Å². The zero-order valence-electron chi connectivity index (χ0n) is 12.5. The molecular weight excluding hydrogens is 376 g/mol. The molecule has 3 nitrogen and oxygen atoms in total. The SMILES string of the molecule is CCc1ccc(/C=C(\Cl)c2nnc(-c3ccccc3Br)o2)cc1. The van der Waals surface area contributed by atoms with Crippen LogP contribution >= 0.6 is 27.5 Å². The molecule has 0 spiro atoms. The van der Waals surface area contributed by atoms with Crippen molar-refractivity contribution >= 4 is 38.6 Å². The first kappa shape index (κ1) is 16.0. The molecule has 23 heavy (non-hydrogen) atoms. The van der Waals surface area contributed by atoms with Crippen LogP contribution in [0, 0.1) is 0 Å². The fourth-order valence-electron chi connectivity index (χ4n) is 2.12. The van der Waals surface area contributed by atoms with Gasteiger partial charge in [-0.2, -0.15) is 0 Å². The van der Waals surface area contributed by atoms with Crippen LogP contribution in [0.15, 0.2) is 57.4 Å². The molecule has 1 heterocycles. The zero-order chi connectivity index (χ0) is 16.2. The number of nitrogens with zero attached hydrogens (tertiary/aromatic N) is 2. The van der Waals surface area contributed by atoms with Crippen LogP contribution in [0.25, 0.3) is 22.6 Å². The summed E-state index contributed by atoms with van der Waals surface area (Å²) in [5, 5.41) is 8.51. The van der Waals surface area contributed by atoms with Gasteiger partial charge in [0.2, 0.25) is 5.89 Å². The van der Waals surface area contributed by atoms with E-state index in [0.717, 1.165) is 22.0 Å². The molecule has 0 aliphatic heterocycles. The van der Waals surface area contributed by atoms with Gasteiger partial charge in [-0.15, -0.1) is 10.2 Å². The predicted octanol–water partition coefficient (Wildman–Crippen LogP) is 5.80. The number of rotatable bonds is 4. The van der Waals surface area contributed by atoms with Crippen molar-refractivity contribution in [3.8, 4) is 11.5 Å². The van der Waals surface area contributed by atoms with E-state index in [0.29, 0.717) is 16.8 Å². The quantitative estimate of drug-likeness (QED) is 0.566. The normalized spacial score (nSPS) is 11.7. The molecule has 1 aromatic heterocycles. The van der Waals surface area contributed by atoms with Crippen molar-refractivity contribution in [3.05, 3.63) is 70.0 Å². The van der Waals surface area contributed by atoms with Gasteiger partial charge in [-0.1, -0.05) is 54.9 Å². The van der Waals surface area contributed by atoms with Gasteiger partial charge in [-0.25, -0.2) is 0 Å². The molecule has 0 saturated carbocycles. The van der Waals surface area contributed by atoms with Gasteiger partial charge in [0.1, 0.15) is 5.03 Å². The Morgan fingerprint density at radius 2 is 1.87 bits per heavy atom. The summed E-state index contributed by atoms with van der Waals surface area (Å²) in [6.45, 7) is 2.12. The van der Waals surface area contributed by atoms with E-state index < -0.39 is 0 Å². The third kappa shape index (κ3) is 3.71. The first-order valence-electron chi connectivity index (χ1n) is 7.22. The Kier molecular flexibility index (Phi) is 4.94. The average molecular weight is 390 g/mol. The molecule has 0 aliphatic carbocycles. The smallest absolute Gasteiger partial charge is 0.259 e. The van der Waals surface area contributed by atoms with E-state index in [2.05, 4.69) is 45.2 Å². The van der Waals surface area contributed by atoms with Crippen molar-refractivity contribution in [3.63, 3.8) is 0 Å². The van der Waals surface area contributed by atoms with Gasteiger partial charge >= 0.3 is 0 Å². The Morgan fingerprint density at radius 3 is 2.57 bits per heavy atom. The fraction of sp³-hybridized carbons (Fsp3) is 0.111. The van der Waals surface area contributed by atoms with E-state index in [1.165, 1.54) is 5.56 Å². The molecule has 3 rings (SSSR count). The summed E-state index contributed by atoms with van der Waals surface area (Å²) in [5.74, 6) is 0.734. The molecule has 0 fully saturated rings. The van der Waals surface area contributed by atoms with Crippen molar-refractivity contribution in [1.29, 1.82) is 0 Å². The fourth-order valence-corrected chi connectivity index (χ4v) is 2.78. The van der Waals surface area contributed by atoms with Crippen molar-refractivity contribution < 1.29 is 4.42 Å². The topological polar surface area (TPSA) is 38.9 Å². The molecule has 0 amide bonds. The van der Waals surface area contributed by atoms with Gasteiger partial charge in [0.05, 0.1) is 5.56 Å². The highest BCUT2D eigenvalue weighted by Crippen LogP contribution is 2.29. The Balaban J connectivity index is 1.87. The molecule has 0 atom stereocenters. The summed E-state index contributed by atoms with van der Waals surface area (Å²) >= 11 is 9.78. The van der Waals surface area contributed by atoms with Crippen molar-refractivity contribution in [2.24, 2.45) is 0 Å². The van der Waals surface area contributed by atoms with Gasteiger partial charge in [-0.05, 0) is 51.7 Å². The molecule has 2 aromatic carbocycles. The second-order valence-corrected chi connectivity index (χ2v) is 6.24. The number of aryl methyl sites for hydroxylation is 1. The van der Waals surface area contributed by atoms with E-state index in [4.69, 9.17) is 16.0 Å². The largest absolute Gasteiger partial charge is 0.415 e. The van der Waals surface area contributed by atoms with Crippen LogP contribution in [0.4, 0.5) is 0 Å². The Labute approximate surface area is 148 Å². The van der Waals surface area contributed by atoms with Crippen LogP contribution in [0.2, 0.25) is 0 Å². The predicted molar refractivity (Wildman–Crippen MR) is 97.0 cm³/mol. The number of halogens is 2. The molecule has 0 bridgehead atoms.